The molecule has 0 rings (SSSR count). The number of aliphatic hydroxyl groups is 6. The van der Waals surface area contributed by atoms with Crippen molar-refractivity contribution in [3.63, 3.8) is 0 Å². The molecular formula is C10H19N3O8. The third-order valence-electron chi connectivity index (χ3n) is 2.50. The lowest BCUT2D eigenvalue weighted by Gasteiger charge is -2.36. The van der Waals surface area contributed by atoms with E-state index in [0.717, 1.165) is 0 Å². The maximum Gasteiger partial charge on any atom is 0.229 e. The van der Waals surface area contributed by atoms with Crippen LogP contribution in [0.25, 0.3) is 0 Å². The summed E-state index contributed by atoms with van der Waals surface area (Å²) < 4.78 is 14.3. The number of ketones is 2. The Morgan fingerprint density at radius 1 is 1.29 bits per heavy atom. The number of hydrogen-bond acceptors (Lipinski definition) is 9. The second-order valence-corrected chi connectivity index (χ2v) is 4.06. The summed E-state index contributed by atoms with van der Waals surface area (Å²) in [6, 6.07) is 0. The van der Waals surface area contributed by atoms with Gasteiger partial charge in [-0.25, -0.2) is 0 Å². The number of nitrogens with one attached hydrogen (secondary N) is 2. The van der Waals surface area contributed by atoms with Crippen LogP contribution in [0.5, 0.6) is 0 Å². The summed E-state index contributed by atoms with van der Waals surface area (Å²) in [7, 11) is 0. The molecule has 122 valence electrons. The first-order valence-electron chi connectivity index (χ1n) is 6.54. The van der Waals surface area contributed by atoms with Gasteiger partial charge in [-0.3, -0.25) is 15.0 Å². The molecule has 0 aliphatic heterocycles. The van der Waals surface area contributed by atoms with Crippen LogP contribution in [0.4, 0.5) is 0 Å². The van der Waals surface area contributed by atoms with Crippen molar-refractivity contribution in [3.05, 3.63) is 0 Å². The Hall–Kier alpha value is -1.63. The molecule has 0 spiro atoms. The number of Topliss-reactive ketones (excluding diaryl/α,β-unsaturated/α-hetero) is 2. The zero-order chi connectivity index (χ0) is 18.6. The van der Waals surface area contributed by atoms with Crippen molar-refractivity contribution in [1.29, 1.82) is 5.41 Å². The van der Waals surface area contributed by atoms with E-state index in [1.54, 1.807) is 0 Å². The lowest BCUT2D eigenvalue weighted by atomic mass is 9.94. The van der Waals surface area contributed by atoms with Gasteiger partial charge in [0.1, 0.15) is 18.3 Å². The van der Waals surface area contributed by atoms with Crippen LogP contribution in [0.15, 0.2) is 0 Å². The predicted molar refractivity (Wildman–Crippen MR) is 66.8 cm³/mol. The van der Waals surface area contributed by atoms with E-state index in [4.69, 9.17) is 29.2 Å². The number of aliphatic hydroxyl groups excluding tert-OH is 4. The monoisotopic (exact) mass is 311 g/mol. The predicted octanol–water partition coefficient (Wildman–Crippen LogP) is -5.25. The Morgan fingerprint density at radius 3 is 2.19 bits per heavy atom. The molecule has 0 bridgehead atoms. The Balaban J connectivity index is 5.43. The van der Waals surface area contributed by atoms with Gasteiger partial charge in [-0.2, -0.15) is 0 Å². The summed E-state index contributed by atoms with van der Waals surface area (Å²) in [5.74, 6) is -4.58. The minimum absolute atomic E-state index is 0.282. The van der Waals surface area contributed by atoms with E-state index in [9.17, 15) is 24.9 Å². The van der Waals surface area contributed by atoms with Gasteiger partial charge in [-0.1, -0.05) is 0 Å². The van der Waals surface area contributed by atoms with Crippen LogP contribution in [0.1, 0.15) is 7.79 Å². The highest BCUT2D eigenvalue weighted by Crippen LogP contribution is 2.16. The quantitative estimate of drug-likeness (QED) is 0.0852. The van der Waals surface area contributed by atoms with Gasteiger partial charge >= 0.3 is 0 Å². The SMILES string of the molecule is [2H]N(C(=N)N)[C@](O)([C@H](O)CO)[C@H](O)CC(=O)C(=O)C([2H])(O)CO. The van der Waals surface area contributed by atoms with Gasteiger partial charge in [-0.15, -0.1) is 0 Å². The molecule has 0 aliphatic carbocycles. The fraction of sp³-hybridized carbons (Fsp3) is 0.700. The van der Waals surface area contributed by atoms with E-state index in [0.29, 0.717) is 0 Å². The Morgan fingerprint density at radius 2 is 1.81 bits per heavy atom. The highest BCUT2D eigenvalue weighted by molar-refractivity contribution is 6.38. The fourth-order valence-corrected chi connectivity index (χ4v) is 1.35. The highest BCUT2D eigenvalue weighted by Gasteiger charge is 2.44. The summed E-state index contributed by atoms with van der Waals surface area (Å²) in [6.07, 6.45) is -9.12. The zero-order valence-electron chi connectivity index (χ0n) is 12.8. The average molecular weight is 311 g/mol. The Kier molecular flexibility index (Phi) is 5.98. The van der Waals surface area contributed by atoms with Crippen molar-refractivity contribution in [3.8, 4) is 0 Å². The molecule has 21 heavy (non-hydrogen) atoms. The number of carbonyl (C=O) groups is 2. The van der Waals surface area contributed by atoms with E-state index in [-0.39, 0.29) is 5.31 Å². The molecule has 0 aromatic rings. The molecule has 0 amide bonds. The molecule has 1 unspecified atom stereocenters. The molecule has 4 atom stereocenters. The van der Waals surface area contributed by atoms with Crippen molar-refractivity contribution >= 4 is 17.5 Å². The lowest BCUT2D eigenvalue weighted by molar-refractivity contribution is -0.172. The van der Waals surface area contributed by atoms with Crippen molar-refractivity contribution in [1.82, 2.24) is 5.31 Å². The van der Waals surface area contributed by atoms with Crippen LogP contribution < -0.4 is 11.0 Å². The fourth-order valence-electron chi connectivity index (χ4n) is 1.35. The number of carbonyl (C=O) groups excluding carboxylic acids is 2. The molecule has 0 aliphatic rings. The molecular weight excluding hydrogens is 290 g/mol. The van der Waals surface area contributed by atoms with Crippen molar-refractivity contribution < 1.29 is 43.0 Å². The van der Waals surface area contributed by atoms with Gasteiger partial charge in [0.2, 0.25) is 11.6 Å². The van der Waals surface area contributed by atoms with Crippen LogP contribution in [0.3, 0.4) is 0 Å². The van der Waals surface area contributed by atoms with Crippen LogP contribution in [-0.4, -0.2) is 85.4 Å². The second-order valence-electron chi connectivity index (χ2n) is 4.06. The molecule has 11 nitrogen and oxygen atoms in total. The lowest BCUT2D eigenvalue weighted by Crippen LogP contribution is -2.66. The molecule has 0 heterocycles. The largest absolute Gasteiger partial charge is 0.393 e. The Bertz CT molecular complexity index is 477. The van der Waals surface area contributed by atoms with E-state index in [1.807, 2.05) is 0 Å². The molecule has 0 saturated carbocycles. The normalized spacial score (nSPS) is 21.0. The van der Waals surface area contributed by atoms with Crippen LogP contribution in [0.2, 0.25) is 1.41 Å². The number of rotatable bonds is 9. The summed E-state index contributed by atoms with van der Waals surface area (Å²) in [6.45, 7) is -2.60. The molecule has 10 N–H and O–H groups in total. The molecule has 0 aromatic heterocycles. The topological polar surface area (TPSA) is 217 Å². The van der Waals surface area contributed by atoms with E-state index in [1.165, 1.54) is 0 Å². The summed E-state index contributed by atoms with van der Waals surface area (Å²) >= 11 is 0. The van der Waals surface area contributed by atoms with Crippen molar-refractivity contribution in [2.75, 3.05) is 13.2 Å². The minimum Gasteiger partial charge on any atom is -0.393 e. The van der Waals surface area contributed by atoms with Gasteiger partial charge in [0.05, 0.1) is 14.6 Å². The van der Waals surface area contributed by atoms with Gasteiger partial charge in [0.15, 0.2) is 13.1 Å². The van der Waals surface area contributed by atoms with E-state index >= 15 is 0 Å². The Labute approximate surface area is 122 Å². The zero-order valence-corrected chi connectivity index (χ0v) is 10.8. The smallest absolute Gasteiger partial charge is 0.229 e. The van der Waals surface area contributed by atoms with E-state index < -0.39 is 61.2 Å². The van der Waals surface area contributed by atoms with Crippen LogP contribution in [-0.2, 0) is 9.59 Å². The first kappa shape index (κ1) is 15.8. The van der Waals surface area contributed by atoms with Crippen molar-refractivity contribution in [2.24, 2.45) is 5.73 Å². The molecule has 0 saturated heterocycles. The summed E-state index contributed by atoms with van der Waals surface area (Å²) in [4.78, 5) is 23.0. The van der Waals surface area contributed by atoms with Crippen molar-refractivity contribution in [2.45, 2.75) is 30.4 Å². The van der Waals surface area contributed by atoms with Gasteiger partial charge in [0, 0.05) is 6.42 Å². The van der Waals surface area contributed by atoms with Gasteiger partial charge in [0.25, 0.3) is 0 Å². The van der Waals surface area contributed by atoms with Crippen LogP contribution in [0, 0.1) is 5.41 Å². The molecule has 0 fully saturated rings. The highest BCUT2D eigenvalue weighted by atomic mass is 16.4. The minimum atomic E-state index is -3.16. The maximum absolute atomic E-state index is 11.6. The number of nitrogens with two attached hydrogens (primary N) is 1. The molecule has 0 aromatic carbocycles. The molecule has 0 radical (unpaired) electrons. The first-order chi connectivity index (χ1) is 10.4. The summed E-state index contributed by atoms with van der Waals surface area (Å²) in [5.41, 5.74) is 1.81. The average Bonchev–Trinajstić information content (AvgIpc) is 2.50. The third kappa shape index (κ3) is 5.00. The number of guanidine groups is 1. The van der Waals surface area contributed by atoms with Gasteiger partial charge in [-0.05, 0) is 0 Å². The van der Waals surface area contributed by atoms with Gasteiger partial charge < -0.3 is 41.7 Å². The third-order valence-corrected chi connectivity index (χ3v) is 2.50. The second kappa shape index (κ2) is 7.97. The van der Waals surface area contributed by atoms with E-state index in [2.05, 4.69) is 0 Å². The standard InChI is InChI=1S/C10H19N3O8/c11-9(12)13-10(21,7(19)3-15)6(18)1-4(16)8(20)5(17)2-14/h5-7,14-15,17-19,21H,1-3H2,(H4,11,12,13)/t5?,6-,7-,10-/m1/s1/i5D/hD. The summed E-state index contributed by atoms with van der Waals surface area (Å²) in [5, 5.41) is 62.8. The number of hydrogen-bond donors (Lipinski definition) is 9. The van der Waals surface area contributed by atoms with Crippen LogP contribution >= 0.6 is 0 Å². The molecule has 11 heteroatoms. The maximum atomic E-state index is 11.6. The first-order valence-corrected chi connectivity index (χ1v) is 5.59.